The molecule has 0 aliphatic carbocycles. The summed E-state index contributed by atoms with van der Waals surface area (Å²) in [5, 5.41) is 10.0. The van der Waals surface area contributed by atoms with Crippen molar-refractivity contribution in [1.82, 2.24) is 0 Å². The summed E-state index contributed by atoms with van der Waals surface area (Å²) in [7, 11) is 3.21. The Labute approximate surface area is 110 Å². The van der Waals surface area contributed by atoms with Gasteiger partial charge in [-0.2, -0.15) is 0 Å². The van der Waals surface area contributed by atoms with Crippen molar-refractivity contribution in [2.75, 3.05) is 34.0 Å². The van der Waals surface area contributed by atoms with Gasteiger partial charge in [-0.1, -0.05) is 24.6 Å². The van der Waals surface area contributed by atoms with Gasteiger partial charge in [0.15, 0.2) is 0 Å². The molecule has 106 valence electrons. The van der Waals surface area contributed by atoms with Crippen molar-refractivity contribution in [2.45, 2.75) is 26.1 Å². The van der Waals surface area contributed by atoms with E-state index < -0.39 is 6.10 Å². The molecule has 0 heterocycles. The van der Waals surface area contributed by atoms with Crippen molar-refractivity contribution in [3.8, 4) is 0 Å². The average Bonchev–Trinajstić information content (AvgIpc) is 2.36. The zero-order chi connectivity index (χ0) is 14.0. The van der Waals surface area contributed by atoms with Crippen LogP contribution in [0.25, 0.3) is 0 Å². The van der Waals surface area contributed by atoms with Gasteiger partial charge in [0, 0.05) is 20.1 Å². The van der Waals surface area contributed by atoms with Gasteiger partial charge in [0.2, 0.25) is 0 Å². The first-order valence-electron chi connectivity index (χ1n) is 6.14. The van der Waals surface area contributed by atoms with Gasteiger partial charge < -0.3 is 19.3 Å². The van der Waals surface area contributed by atoms with E-state index in [-0.39, 0.29) is 12.0 Å². The molecule has 0 aliphatic rings. The first-order chi connectivity index (χ1) is 8.56. The molecule has 4 nitrogen and oxygen atoms in total. The zero-order valence-corrected chi connectivity index (χ0v) is 11.9. The van der Waals surface area contributed by atoms with E-state index in [9.17, 15) is 5.11 Å². The fraction of sp³-hybridized carbons (Fsp3) is 0.714. The maximum Gasteiger partial charge on any atom is 0.101 e. The standard InChI is InChI=1S/C14H26O4/c1-6-13(17-5)14(15)12(3)9-11(2)10-18-8-7-16-4/h6,9,12-15H,1,7-8,10H2,2-5H3/b11-9-/t12-,13?,14+/m1/s1. The highest BCUT2D eigenvalue weighted by molar-refractivity contribution is 5.04. The van der Waals surface area contributed by atoms with E-state index in [2.05, 4.69) is 6.58 Å². The Morgan fingerprint density at radius 1 is 1.33 bits per heavy atom. The smallest absolute Gasteiger partial charge is 0.101 e. The Morgan fingerprint density at radius 2 is 2.00 bits per heavy atom. The Bertz CT molecular complexity index is 250. The molecular weight excluding hydrogens is 232 g/mol. The van der Waals surface area contributed by atoms with Crippen LogP contribution in [0.4, 0.5) is 0 Å². The molecule has 0 aromatic carbocycles. The van der Waals surface area contributed by atoms with Crippen LogP contribution in [0.5, 0.6) is 0 Å². The summed E-state index contributed by atoms with van der Waals surface area (Å²) < 4.78 is 15.4. The summed E-state index contributed by atoms with van der Waals surface area (Å²) in [5.41, 5.74) is 1.08. The summed E-state index contributed by atoms with van der Waals surface area (Å²) >= 11 is 0. The van der Waals surface area contributed by atoms with Gasteiger partial charge >= 0.3 is 0 Å². The second kappa shape index (κ2) is 10.3. The fourth-order valence-electron chi connectivity index (χ4n) is 1.65. The van der Waals surface area contributed by atoms with E-state index in [1.165, 1.54) is 0 Å². The number of methoxy groups -OCH3 is 2. The summed E-state index contributed by atoms with van der Waals surface area (Å²) in [5.74, 6) is -0.0148. The topological polar surface area (TPSA) is 47.9 Å². The lowest BCUT2D eigenvalue weighted by Gasteiger charge is -2.22. The van der Waals surface area contributed by atoms with Crippen molar-refractivity contribution in [2.24, 2.45) is 5.92 Å². The van der Waals surface area contributed by atoms with Crippen LogP contribution < -0.4 is 0 Å². The van der Waals surface area contributed by atoms with Crippen LogP contribution in [0.3, 0.4) is 0 Å². The third kappa shape index (κ3) is 6.91. The molecule has 0 aromatic rings. The van der Waals surface area contributed by atoms with Crippen LogP contribution >= 0.6 is 0 Å². The third-order valence-electron chi connectivity index (χ3n) is 2.69. The van der Waals surface area contributed by atoms with Crippen molar-refractivity contribution < 1.29 is 19.3 Å². The Kier molecular flexibility index (Phi) is 9.87. The second-order valence-electron chi connectivity index (χ2n) is 4.34. The molecule has 0 saturated carbocycles. The molecule has 0 spiro atoms. The van der Waals surface area contributed by atoms with Gasteiger partial charge in [-0.15, -0.1) is 6.58 Å². The van der Waals surface area contributed by atoms with E-state index in [4.69, 9.17) is 14.2 Å². The maximum atomic E-state index is 10.0. The van der Waals surface area contributed by atoms with Crippen LogP contribution in [-0.4, -0.2) is 51.4 Å². The van der Waals surface area contributed by atoms with E-state index in [0.717, 1.165) is 5.57 Å². The van der Waals surface area contributed by atoms with Crippen molar-refractivity contribution in [3.05, 3.63) is 24.3 Å². The van der Waals surface area contributed by atoms with E-state index in [1.807, 2.05) is 19.9 Å². The molecule has 18 heavy (non-hydrogen) atoms. The quantitative estimate of drug-likeness (QED) is 0.479. The summed E-state index contributed by atoms with van der Waals surface area (Å²) in [6.45, 7) is 9.28. The number of hydrogen-bond donors (Lipinski definition) is 1. The van der Waals surface area contributed by atoms with Crippen LogP contribution in [0, 0.1) is 5.92 Å². The maximum absolute atomic E-state index is 10.0. The molecule has 0 fully saturated rings. The van der Waals surface area contributed by atoms with Crippen molar-refractivity contribution in [1.29, 1.82) is 0 Å². The highest BCUT2D eigenvalue weighted by Crippen LogP contribution is 2.14. The van der Waals surface area contributed by atoms with Gasteiger partial charge in [-0.05, 0) is 6.92 Å². The highest BCUT2D eigenvalue weighted by atomic mass is 16.5. The average molecular weight is 258 g/mol. The van der Waals surface area contributed by atoms with E-state index >= 15 is 0 Å². The molecule has 1 unspecified atom stereocenters. The molecule has 0 aromatic heterocycles. The molecule has 0 radical (unpaired) electrons. The number of aliphatic hydroxyl groups excluding tert-OH is 1. The first-order valence-corrected chi connectivity index (χ1v) is 6.14. The van der Waals surface area contributed by atoms with Crippen LogP contribution in [0.15, 0.2) is 24.3 Å². The molecule has 1 N–H and O–H groups in total. The Balaban J connectivity index is 4.16. The Hall–Kier alpha value is -0.680. The number of ether oxygens (including phenoxy) is 3. The normalized spacial score (nSPS) is 17.3. The predicted octanol–water partition coefficient (Wildman–Crippen LogP) is 1.79. The van der Waals surface area contributed by atoms with Crippen molar-refractivity contribution in [3.63, 3.8) is 0 Å². The van der Waals surface area contributed by atoms with Crippen molar-refractivity contribution >= 4 is 0 Å². The minimum Gasteiger partial charge on any atom is -0.389 e. The van der Waals surface area contributed by atoms with Gasteiger partial charge in [-0.25, -0.2) is 0 Å². The van der Waals surface area contributed by atoms with Gasteiger partial charge in [0.1, 0.15) is 6.10 Å². The monoisotopic (exact) mass is 258 g/mol. The molecule has 0 rings (SSSR count). The molecule has 3 atom stereocenters. The van der Waals surface area contributed by atoms with Gasteiger partial charge in [0.25, 0.3) is 0 Å². The largest absolute Gasteiger partial charge is 0.389 e. The third-order valence-corrected chi connectivity index (χ3v) is 2.69. The molecule has 0 aliphatic heterocycles. The summed E-state index contributed by atoms with van der Waals surface area (Å²) in [6.07, 6.45) is 2.66. The lowest BCUT2D eigenvalue weighted by molar-refractivity contribution is -0.00174. The molecule has 0 amide bonds. The van der Waals surface area contributed by atoms with Crippen LogP contribution in [0.2, 0.25) is 0 Å². The van der Waals surface area contributed by atoms with Gasteiger partial charge in [-0.3, -0.25) is 0 Å². The lowest BCUT2D eigenvalue weighted by Crippen LogP contribution is -2.31. The van der Waals surface area contributed by atoms with E-state index in [1.54, 1.807) is 20.3 Å². The summed E-state index contributed by atoms with van der Waals surface area (Å²) in [4.78, 5) is 0. The molecule has 0 bridgehead atoms. The number of rotatable bonds is 10. The summed E-state index contributed by atoms with van der Waals surface area (Å²) in [6, 6.07) is 0. The fourth-order valence-corrected chi connectivity index (χ4v) is 1.65. The number of hydrogen-bond acceptors (Lipinski definition) is 4. The second-order valence-corrected chi connectivity index (χ2v) is 4.34. The lowest BCUT2D eigenvalue weighted by atomic mass is 9.97. The zero-order valence-electron chi connectivity index (χ0n) is 11.9. The minimum absolute atomic E-state index is 0.0148. The van der Waals surface area contributed by atoms with Gasteiger partial charge in [0.05, 0.1) is 25.9 Å². The molecule has 0 saturated heterocycles. The van der Waals surface area contributed by atoms with E-state index in [0.29, 0.717) is 19.8 Å². The predicted molar refractivity (Wildman–Crippen MR) is 72.6 cm³/mol. The Morgan fingerprint density at radius 3 is 2.50 bits per heavy atom. The molecular formula is C14H26O4. The van der Waals surface area contributed by atoms with Crippen LogP contribution in [-0.2, 0) is 14.2 Å². The highest BCUT2D eigenvalue weighted by Gasteiger charge is 2.20. The first kappa shape index (κ1) is 17.3. The minimum atomic E-state index is -0.596. The number of aliphatic hydroxyl groups is 1. The van der Waals surface area contributed by atoms with Crippen LogP contribution in [0.1, 0.15) is 13.8 Å². The SMILES string of the molecule is C=CC(OC)[C@@H](O)[C@H](C)/C=C(/C)COCCOC. The molecule has 4 heteroatoms.